The molecule has 1 aliphatic carbocycles. The molecule has 0 aliphatic heterocycles. The topological polar surface area (TPSA) is 43.4 Å². The first kappa shape index (κ1) is 24.9. The largest absolute Gasteiger partial charge is 0.489 e. The molecule has 4 aromatic rings. The minimum Gasteiger partial charge on any atom is -0.489 e. The molecule has 5 rings (SSSR count). The molecule has 0 radical (unpaired) electrons. The molecule has 0 aromatic heterocycles. The zero-order chi connectivity index (χ0) is 25.8. The average molecular weight is 506 g/mol. The number of fused-ring (bicyclic) bond motifs is 1. The maximum Gasteiger partial charge on any atom is 0.228 e. The van der Waals surface area contributed by atoms with Gasteiger partial charge in [0.2, 0.25) is 5.78 Å². The van der Waals surface area contributed by atoms with Crippen molar-refractivity contribution in [3.8, 4) is 0 Å². The van der Waals surface area contributed by atoms with Crippen LogP contribution in [0.1, 0.15) is 34.6 Å². The van der Waals surface area contributed by atoms with Crippen molar-refractivity contribution in [1.82, 2.24) is 0 Å². The Labute approximate surface area is 219 Å². The molecule has 0 heterocycles. The SMILES string of the molecule is CC1=C(OCC(C)C[P+](c2ccccc2)(c2ccccc2)c2ccccc2)C(=O)c2ccccc2C1=O. The van der Waals surface area contributed by atoms with Crippen LogP contribution in [-0.2, 0) is 4.74 Å². The monoisotopic (exact) mass is 505 g/mol. The van der Waals surface area contributed by atoms with Gasteiger partial charge in [-0.25, -0.2) is 0 Å². The number of benzene rings is 4. The van der Waals surface area contributed by atoms with Crippen LogP contribution < -0.4 is 15.9 Å². The molecule has 1 atom stereocenters. The standard InChI is InChI=1S/C33H30O3P/c1-24(22-36-33-25(2)31(34)29-20-12-13-21-30(29)32(33)35)23-37(26-14-6-3-7-15-26,27-16-8-4-9-17-27)28-18-10-5-11-19-28/h3-21,24H,22-23H2,1-2H3/q+1. The van der Waals surface area contributed by atoms with Crippen LogP contribution in [0.4, 0.5) is 0 Å². The first-order chi connectivity index (χ1) is 18.0. The fraction of sp³-hybridized carbons (Fsp3) is 0.152. The number of Topliss-reactive ketones (excluding diaryl/α,β-unsaturated/α-hetero) is 2. The average Bonchev–Trinajstić information content (AvgIpc) is 2.96. The van der Waals surface area contributed by atoms with E-state index in [2.05, 4.69) is 97.9 Å². The second kappa shape index (κ2) is 10.7. The van der Waals surface area contributed by atoms with Crippen molar-refractivity contribution in [1.29, 1.82) is 0 Å². The molecule has 0 fully saturated rings. The first-order valence-corrected chi connectivity index (χ1v) is 14.6. The third kappa shape index (κ3) is 4.68. The Bertz CT molecular complexity index is 1350. The maximum absolute atomic E-state index is 13.2. The van der Waals surface area contributed by atoms with Crippen molar-refractivity contribution < 1.29 is 14.3 Å². The zero-order valence-electron chi connectivity index (χ0n) is 21.1. The van der Waals surface area contributed by atoms with Gasteiger partial charge in [-0.15, -0.1) is 0 Å². The minimum absolute atomic E-state index is 0.120. The molecular weight excluding hydrogens is 475 g/mol. The van der Waals surface area contributed by atoms with E-state index in [0.717, 1.165) is 6.16 Å². The van der Waals surface area contributed by atoms with Gasteiger partial charge in [-0.1, -0.05) is 85.8 Å². The predicted molar refractivity (Wildman–Crippen MR) is 153 cm³/mol. The highest BCUT2D eigenvalue weighted by molar-refractivity contribution is 7.95. The van der Waals surface area contributed by atoms with Crippen molar-refractivity contribution in [2.45, 2.75) is 13.8 Å². The maximum atomic E-state index is 13.2. The lowest BCUT2D eigenvalue weighted by atomic mass is 9.89. The van der Waals surface area contributed by atoms with Gasteiger partial charge in [0.25, 0.3) is 0 Å². The molecule has 4 aromatic carbocycles. The molecule has 184 valence electrons. The first-order valence-electron chi connectivity index (χ1n) is 12.6. The van der Waals surface area contributed by atoms with E-state index in [0.29, 0.717) is 23.3 Å². The van der Waals surface area contributed by atoms with E-state index in [1.807, 2.05) is 0 Å². The van der Waals surface area contributed by atoms with Gasteiger partial charge in [-0.05, 0) is 43.3 Å². The summed E-state index contributed by atoms with van der Waals surface area (Å²) in [5.41, 5.74) is 1.25. The summed E-state index contributed by atoms with van der Waals surface area (Å²) in [5, 5.41) is 3.94. The molecule has 0 saturated heterocycles. The van der Waals surface area contributed by atoms with Crippen molar-refractivity contribution in [2.24, 2.45) is 5.92 Å². The van der Waals surface area contributed by atoms with Crippen LogP contribution in [0.15, 0.2) is 127 Å². The van der Waals surface area contributed by atoms with Gasteiger partial charge in [0, 0.05) is 22.6 Å². The molecule has 4 heteroatoms. The number of ether oxygens (including phenoxy) is 1. The normalized spacial score (nSPS) is 14.3. The molecule has 0 N–H and O–H groups in total. The summed E-state index contributed by atoms with van der Waals surface area (Å²) in [4.78, 5) is 26.1. The fourth-order valence-electron chi connectivity index (χ4n) is 5.21. The summed E-state index contributed by atoms with van der Waals surface area (Å²) in [7, 11) is -2.02. The van der Waals surface area contributed by atoms with Gasteiger partial charge in [-0.3, -0.25) is 9.59 Å². The lowest BCUT2D eigenvalue weighted by molar-refractivity contribution is 0.0850. The van der Waals surface area contributed by atoms with Gasteiger partial charge in [0.15, 0.2) is 11.5 Å². The van der Waals surface area contributed by atoms with Gasteiger partial charge in [0.1, 0.15) is 23.2 Å². The summed E-state index contributed by atoms with van der Waals surface area (Å²) in [6.07, 6.45) is 0.871. The minimum atomic E-state index is -2.02. The predicted octanol–water partition coefficient (Wildman–Crippen LogP) is 5.99. The number of carbonyl (C=O) groups is 2. The summed E-state index contributed by atoms with van der Waals surface area (Å²) < 4.78 is 6.18. The molecule has 37 heavy (non-hydrogen) atoms. The number of hydrogen-bond acceptors (Lipinski definition) is 3. The quantitative estimate of drug-likeness (QED) is 0.277. The van der Waals surface area contributed by atoms with E-state index < -0.39 is 7.26 Å². The number of ketones is 2. The van der Waals surface area contributed by atoms with Gasteiger partial charge in [0.05, 0.1) is 12.8 Å². The highest BCUT2D eigenvalue weighted by atomic mass is 31.2. The van der Waals surface area contributed by atoms with Crippen molar-refractivity contribution in [2.75, 3.05) is 12.8 Å². The molecular formula is C33H30O3P+. The van der Waals surface area contributed by atoms with Crippen LogP contribution in [0.2, 0.25) is 0 Å². The molecule has 3 nitrogen and oxygen atoms in total. The molecule has 0 spiro atoms. The van der Waals surface area contributed by atoms with E-state index in [9.17, 15) is 9.59 Å². The smallest absolute Gasteiger partial charge is 0.228 e. The second-order valence-electron chi connectivity index (χ2n) is 9.57. The van der Waals surface area contributed by atoms with E-state index in [4.69, 9.17) is 4.74 Å². The Morgan fingerprint density at radius 2 is 1.03 bits per heavy atom. The van der Waals surface area contributed by atoms with Crippen molar-refractivity contribution in [3.63, 3.8) is 0 Å². The number of carbonyl (C=O) groups excluding carboxylic acids is 2. The Kier molecular flexibility index (Phi) is 7.17. The number of hydrogen-bond donors (Lipinski definition) is 0. The van der Waals surface area contributed by atoms with Crippen LogP contribution in [0, 0.1) is 5.92 Å². The Hall–Kier alpha value is -3.81. The van der Waals surface area contributed by atoms with Gasteiger partial charge < -0.3 is 4.74 Å². The van der Waals surface area contributed by atoms with E-state index in [1.54, 1.807) is 31.2 Å². The molecule has 0 saturated carbocycles. The van der Waals surface area contributed by atoms with Crippen molar-refractivity contribution in [3.05, 3.63) is 138 Å². The summed E-state index contributed by atoms with van der Waals surface area (Å²) in [5.74, 6) is -0.0550. The zero-order valence-corrected chi connectivity index (χ0v) is 22.0. The van der Waals surface area contributed by atoms with E-state index >= 15 is 0 Å². The third-order valence-electron chi connectivity index (χ3n) is 6.99. The molecule has 1 unspecified atom stereocenters. The molecule has 0 amide bonds. The highest BCUT2D eigenvalue weighted by Crippen LogP contribution is 2.56. The molecule has 1 aliphatic rings. The highest BCUT2D eigenvalue weighted by Gasteiger charge is 2.46. The van der Waals surface area contributed by atoms with Crippen LogP contribution in [0.3, 0.4) is 0 Å². The van der Waals surface area contributed by atoms with Crippen LogP contribution >= 0.6 is 7.26 Å². The van der Waals surface area contributed by atoms with Crippen LogP contribution in [0.5, 0.6) is 0 Å². The van der Waals surface area contributed by atoms with Crippen LogP contribution in [0.25, 0.3) is 0 Å². The van der Waals surface area contributed by atoms with Crippen LogP contribution in [-0.4, -0.2) is 24.3 Å². The van der Waals surface area contributed by atoms with E-state index in [1.165, 1.54) is 15.9 Å². The number of rotatable bonds is 8. The lowest BCUT2D eigenvalue weighted by Crippen LogP contribution is -2.36. The Morgan fingerprint density at radius 3 is 1.49 bits per heavy atom. The summed E-state index contributed by atoms with van der Waals surface area (Å²) >= 11 is 0. The van der Waals surface area contributed by atoms with Gasteiger partial charge >= 0.3 is 0 Å². The number of allylic oxidation sites excluding steroid dienone is 2. The van der Waals surface area contributed by atoms with Gasteiger partial charge in [-0.2, -0.15) is 0 Å². The second-order valence-corrected chi connectivity index (χ2v) is 13.1. The Morgan fingerprint density at radius 1 is 0.622 bits per heavy atom. The van der Waals surface area contributed by atoms with Crippen molar-refractivity contribution >= 4 is 34.7 Å². The lowest BCUT2D eigenvalue weighted by Gasteiger charge is -2.30. The Balaban J connectivity index is 1.49. The molecule has 0 bridgehead atoms. The third-order valence-corrected chi connectivity index (χ3v) is 11.7. The fourth-order valence-corrected chi connectivity index (χ4v) is 9.82. The summed E-state index contributed by atoms with van der Waals surface area (Å²) in [6, 6.07) is 39.2. The van der Waals surface area contributed by atoms with E-state index in [-0.39, 0.29) is 23.2 Å². The summed E-state index contributed by atoms with van der Waals surface area (Å²) in [6.45, 7) is 4.20.